The Morgan fingerprint density at radius 2 is 2.00 bits per heavy atom. The fourth-order valence-electron chi connectivity index (χ4n) is 3.07. The van der Waals surface area contributed by atoms with Gasteiger partial charge in [0.2, 0.25) is 0 Å². The zero-order chi connectivity index (χ0) is 14.1. The van der Waals surface area contributed by atoms with Gasteiger partial charge in [-0.15, -0.1) is 0 Å². The van der Waals surface area contributed by atoms with E-state index in [9.17, 15) is 4.79 Å². The lowest BCUT2D eigenvalue weighted by Gasteiger charge is -2.35. The molecular formula is C16H23N3O. The first-order valence-electron chi connectivity index (χ1n) is 7.49. The topological polar surface area (TPSA) is 35.6 Å². The van der Waals surface area contributed by atoms with Crippen molar-refractivity contribution >= 4 is 11.5 Å². The average molecular weight is 273 g/mol. The number of fused-ring (bicyclic) bond motifs is 1. The molecule has 1 unspecified atom stereocenters. The summed E-state index contributed by atoms with van der Waals surface area (Å²) in [5, 5.41) is 3.34. The van der Waals surface area contributed by atoms with Crippen molar-refractivity contribution in [2.24, 2.45) is 0 Å². The standard InChI is InChI=1S/C16H23N3O/c1-12(19-9-7-18(2)8-10-19)16(20)14-3-4-15-13(11-14)5-6-17-15/h3-4,11-12,17H,5-10H2,1-2H3. The van der Waals surface area contributed by atoms with Gasteiger partial charge in [0.15, 0.2) is 5.78 Å². The van der Waals surface area contributed by atoms with Crippen LogP contribution in [0, 0.1) is 0 Å². The van der Waals surface area contributed by atoms with Gasteiger partial charge < -0.3 is 10.2 Å². The Morgan fingerprint density at radius 1 is 1.25 bits per heavy atom. The molecule has 2 heterocycles. The summed E-state index contributed by atoms with van der Waals surface area (Å²) in [6.07, 6.45) is 1.03. The summed E-state index contributed by atoms with van der Waals surface area (Å²) in [4.78, 5) is 17.3. The van der Waals surface area contributed by atoms with Gasteiger partial charge in [0.25, 0.3) is 0 Å². The van der Waals surface area contributed by atoms with Crippen LogP contribution in [-0.4, -0.2) is 61.4 Å². The van der Waals surface area contributed by atoms with Crippen LogP contribution in [0.1, 0.15) is 22.8 Å². The molecular weight excluding hydrogens is 250 g/mol. The second kappa shape index (κ2) is 5.54. The lowest BCUT2D eigenvalue weighted by atomic mass is 10.0. The molecule has 20 heavy (non-hydrogen) atoms. The molecule has 2 aliphatic heterocycles. The molecule has 2 aliphatic rings. The van der Waals surface area contributed by atoms with E-state index in [4.69, 9.17) is 0 Å². The third kappa shape index (κ3) is 2.58. The highest BCUT2D eigenvalue weighted by molar-refractivity contribution is 6.00. The first-order chi connectivity index (χ1) is 9.65. The Morgan fingerprint density at radius 3 is 2.75 bits per heavy atom. The second-order valence-electron chi connectivity index (χ2n) is 5.93. The Bertz CT molecular complexity index is 506. The van der Waals surface area contributed by atoms with Crippen molar-refractivity contribution in [3.8, 4) is 0 Å². The van der Waals surface area contributed by atoms with Crippen molar-refractivity contribution in [3.63, 3.8) is 0 Å². The summed E-state index contributed by atoms with van der Waals surface area (Å²) in [6, 6.07) is 6.07. The Labute approximate surface area is 120 Å². The number of hydrogen-bond acceptors (Lipinski definition) is 4. The van der Waals surface area contributed by atoms with Crippen molar-refractivity contribution in [1.29, 1.82) is 0 Å². The number of benzene rings is 1. The van der Waals surface area contributed by atoms with E-state index in [0.29, 0.717) is 0 Å². The molecule has 0 aromatic heterocycles. The molecule has 1 saturated heterocycles. The van der Waals surface area contributed by atoms with Gasteiger partial charge in [0, 0.05) is 44.0 Å². The van der Waals surface area contributed by atoms with Crippen LogP contribution in [0.2, 0.25) is 0 Å². The van der Waals surface area contributed by atoms with Gasteiger partial charge in [0.1, 0.15) is 0 Å². The largest absolute Gasteiger partial charge is 0.384 e. The highest BCUT2D eigenvalue weighted by Crippen LogP contribution is 2.24. The number of hydrogen-bond donors (Lipinski definition) is 1. The first kappa shape index (κ1) is 13.6. The van der Waals surface area contributed by atoms with Crippen LogP contribution in [0.25, 0.3) is 0 Å². The number of Topliss-reactive ketones (excluding diaryl/α,β-unsaturated/α-hetero) is 1. The number of carbonyl (C=O) groups is 1. The number of piperazine rings is 1. The molecule has 0 bridgehead atoms. The minimum Gasteiger partial charge on any atom is -0.384 e. The maximum atomic E-state index is 12.6. The van der Waals surface area contributed by atoms with E-state index < -0.39 is 0 Å². The van der Waals surface area contributed by atoms with E-state index >= 15 is 0 Å². The number of nitrogens with one attached hydrogen (secondary N) is 1. The summed E-state index contributed by atoms with van der Waals surface area (Å²) in [5.41, 5.74) is 3.33. The summed E-state index contributed by atoms with van der Waals surface area (Å²) in [6.45, 7) is 7.09. The number of anilines is 1. The van der Waals surface area contributed by atoms with Crippen LogP contribution in [-0.2, 0) is 6.42 Å². The number of likely N-dealkylation sites (N-methyl/N-ethyl adjacent to an activating group) is 1. The highest BCUT2D eigenvalue weighted by Gasteiger charge is 2.25. The van der Waals surface area contributed by atoms with Gasteiger partial charge in [-0.25, -0.2) is 0 Å². The molecule has 3 rings (SSSR count). The van der Waals surface area contributed by atoms with Crippen molar-refractivity contribution in [2.75, 3.05) is 45.1 Å². The Hall–Kier alpha value is -1.39. The van der Waals surface area contributed by atoms with E-state index in [-0.39, 0.29) is 11.8 Å². The monoisotopic (exact) mass is 273 g/mol. The number of carbonyl (C=O) groups excluding carboxylic acids is 1. The fourth-order valence-corrected chi connectivity index (χ4v) is 3.07. The summed E-state index contributed by atoms with van der Waals surface area (Å²) in [7, 11) is 2.14. The Balaban J connectivity index is 1.72. The zero-order valence-electron chi connectivity index (χ0n) is 12.4. The van der Waals surface area contributed by atoms with E-state index in [1.54, 1.807) is 0 Å². The highest BCUT2D eigenvalue weighted by atomic mass is 16.1. The van der Waals surface area contributed by atoms with E-state index in [2.05, 4.69) is 28.2 Å². The van der Waals surface area contributed by atoms with Crippen LogP contribution in [0.5, 0.6) is 0 Å². The molecule has 0 saturated carbocycles. The summed E-state index contributed by atoms with van der Waals surface area (Å²) in [5.74, 6) is 0.254. The van der Waals surface area contributed by atoms with Crippen LogP contribution in [0.3, 0.4) is 0 Å². The minimum atomic E-state index is -0.0175. The van der Waals surface area contributed by atoms with Gasteiger partial charge in [-0.3, -0.25) is 9.69 Å². The molecule has 0 radical (unpaired) electrons. The van der Waals surface area contributed by atoms with E-state index in [0.717, 1.165) is 44.7 Å². The van der Waals surface area contributed by atoms with Crippen molar-refractivity contribution in [2.45, 2.75) is 19.4 Å². The summed E-state index contributed by atoms with van der Waals surface area (Å²) < 4.78 is 0. The van der Waals surface area contributed by atoms with Crippen LogP contribution in [0.15, 0.2) is 18.2 Å². The lowest BCUT2D eigenvalue weighted by Crippen LogP contribution is -2.50. The lowest BCUT2D eigenvalue weighted by molar-refractivity contribution is 0.0738. The zero-order valence-corrected chi connectivity index (χ0v) is 12.4. The molecule has 1 aromatic rings. The normalized spacial score (nSPS) is 21.3. The average Bonchev–Trinajstić information content (AvgIpc) is 2.94. The smallest absolute Gasteiger partial charge is 0.179 e. The van der Waals surface area contributed by atoms with Crippen molar-refractivity contribution < 1.29 is 4.79 Å². The number of rotatable bonds is 3. The molecule has 1 fully saturated rings. The quantitative estimate of drug-likeness (QED) is 0.846. The van der Waals surface area contributed by atoms with Crippen LogP contribution < -0.4 is 5.32 Å². The molecule has 0 amide bonds. The molecule has 1 aromatic carbocycles. The minimum absolute atomic E-state index is 0.0175. The second-order valence-corrected chi connectivity index (χ2v) is 5.93. The van der Waals surface area contributed by atoms with Gasteiger partial charge in [-0.1, -0.05) is 0 Å². The van der Waals surface area contributed by atoms with E-state index in [1.807, 2.05) is 19.1 Å². The van der Waals surface area contributed by atoms with Crippen LogP contribution in [0.4, 0.5) is 5.69 Å². The summed E-state index contributed by atoms with van der Waals surface area (Å²) >= 11 is 0. The fraction of sp³-hybridized carbons (Fsp3) is 0.562. The van der Waals surface area contributed by atoms with Gasteiger partial charge >= 0.3 is 0 Å². The molecule has 4 heteroatoms. The number of ketones is 1. The maximum absolute atomic E-state index is 12.6. The SMILES string of the molecule is CC(C(=O)c1ccc2c(c1)CCN2)N1CCN(C)CC1. The third-order valence-corrected chi connectivity index (χ3v) is 4.56. The van der Waals surface area contributed by atoms with Gasteiger partial charge in [-0.2, -0.15) is 0 Å². The first-order valence-corrected chi connectivity index (χ1v) is 7.49. The molecule has 0 aliphatic carbocycles. The third-order valence-electron chi connectivity index (χ3n) is 4.56. The van der Waals surface area contributed by atoms with Crippen LogP contribution >= 0.6 is 0 Å². The molecule has 108 valence electrons. The van der Waals surface area contributed by atoms with Crippen molar-refractivity contribution in [3.05, 3.63) is 29.3 Å². The van der Waals surface area contributed by atoms with Gasteiger partial charge in [-0.05, 0) is 44.2 Å². The Kier molecular flexibility index (Phi) is 3.76. The predicted octanol–water partition coefficient (Wildman–Crippen LogP) is 1.47. The van der Waals surface area contributed by atoms with E-state index in [1.165, 1.54) is 11.3 Å². The van der Waals surface area contributed by atoms with Gasteiger partial charge in [0.05, 0.1) is 6.04 Å². The molecule has 1 atom stereocenters. The molecule has 0 spiro atoms. The molecule has 1 N–H and O–H groups in total. The molecule has 4 nitrogen and oxygen atoms in total. The predicted molar refractivity (Wildman–Crippen MR) is 81.5 cm³/mol. The maximum Gasteiger partial charge on any atom is 0.179 e. The number of nitrogens with zero attached hydrogens (tertiary/aromatic N) is 2. The van der Waals surface area contributed by atoms with Crippen molar-refractivity contribution in [1.82, 2.24) is 9.80 Å².